The lowest BCUT2D eigenvalue weighted by molar-refractivity contribution is 0.102. The molecule has 0 atom stereocenters. The summed E-state index contributed by atoms with van der Waals surface area (Å²) < 4.78 is 0. The number of H-pyrrole nitrogens is 1. The third-order valence-electron chi connectivity index (χ3n) is 3.82. The lowest BCUT2D eigenvalue weighted by Crippen LogP contribution is -2.15. The summed E-state index contributed by atoms with van der Waals surface area (Å²) in [5.74, 6) is -0.213. The van der Waals surface area contributed by atoms with Crippen molar-refractivity contribution in [3.05, 3.63) is 53.5 Å². The molecule has 3 rings (SSSR count). The minimum absolute atomic E-state index is 0.213. The molecule has 0 fully saturated rings. The number of nitrogens with one attached hydrogen (secondary N) is 2. The van der Waals surface area contributed by atoms with Crippen LogP contribution in [0, 0.1) is 0 Å². The topological polar surface area (TPSA) is 70.7 Å². The first kappa shape index (κ1) is 14.3. The second kappa shape index (κ2) is 5.97. The molecule has 22 heavy (non-hydrogen) atoms. The highest BCUT2D eigenvalue weighted by atomic mass is 16.1. The third kappa shape index (κ3) is 2.45. The standard InChI is InChI=1S/C17H18N4O/c1-3-11-6-5-7-12(4-2)15(11)19-17(22)16-13-10-18-9-8-14(13)20-21-16/h5-10H,3-4H2,1-2H3,(H,19,22)(H,20,21). The number of carbonyl (C=O) groups is 1. The van der Waals surface area contributed by atoms with Gasteiger partial charge in [-0.3, -0.25) is 14.9 Å². The summed E-state index contributed by atoms with van der Waals surface area (Å²) in [4.78, 5) is 16.7. The summed E-state index contributed by atoms with van der Waals surface area (Å²) >= 11 is 0. The van der Waals surface area contributed by atoms with E-state index in [0.717, 1.165) is 40.6 Å². The van der Waals surface area contributed by atoms with E-state index in [-0.39, 0.29) is 5.91 Å². The predicted octanol–water partition coefficient (Wildman–Crippen LogP) is 3.34. The number of aromatic nitrogens is 3. The van der Waals surface area contributed by atoms with E-state index in [2.05, 4.69) is 34.3 Å². The van der Waals surface area contributed by atoms with Crippen LogP contribution in [0.2, 0.25) is 0 Å². The Morgan fingerprint density at radius 3 is 2.59 bits per heavy atom. The zero-order valence-corrected chi connectivity index (χ0v) is 12.7. The molecule has 0 saturated carbocycles. The summed E-state index contributed by atoms with van der Waals surface area (Å²) in [5.41, 5.74) is 4.34. The van der Waals surface area contributed by atoms with E-state index in [1.54, 1.807) is 18.5 Å². The van der Waals surface area contributed by atoms with Gasteiger partial charge in [0.15, 0.2) is 5.69 Å². The Hall–Kier alpha value is -2.69. The fraction of sp³-hybridized carbons (Fsp3) is 0.235. The molecule has 2 aromatic heterocycles. The zero-order chi connectivity index (χ0) is 15.5. The molecule has 0 aliphatic carbocycles. The molecule has 3 aromatic rings. The average Bonchev–Trinajstić information content (AvgIpc) is 2.99. The van der Waals surface area contributed by atoms with Gasteiger partial charge in [-0.15, -0.1) is 0 Å². The van der Waals surface area contributed by atoms with E-state index in [0.29, 0.717) is 5.69 Å². The smallest absolute Gasteiger partial charge is 0.276 e. The minimum atomic E-state index is -0.213. The molecule has 112 valence electrons. The highest BCUT2D eigenvalue weighted by Crippen LogP contribution is 2.24. The van der Waals surface area contributed by atoms with E-state index < -0.39 is 0 Å². The van der Waals surface area contributed by atoms with Crippen molar-refractivity contribution in [1.82, 2.24) is 15.2 Å². The van der Waals surface area contributed by atoms with Crippen LogP contribution in [0.25, 0.3) is 10.9 Å². The average molecular weight is 294 g/mol. The van der Waals surface area contributed by atoms with Gasteiger partial charge in [-0.2, -0.15) is 5.10 Å². The first-order valence-corrected chi connectivity index (χ1v) is 7.44. The van der Waals surface area contributed by atoms with Crippen molar-refractivity contribution in [3.63, 3.8) is 0 Å². The van der Waals surface area contributed by atoms with Crippen LogP contribution in [0.4, 0.5) is 5.69 Å². The number of benzene rings is 1. The monoisotopic (exact) mass is 294 g/mol. The number of fused-ring (bicyclic) bond motifs is 1. The van der Waals surface area contributed by atoms with Gasteiger partial charge in [-0.05, 0) is 30.0 Å². The van der Waals surface area contributed by atoms with Crippen molar-refractivity contribution < 1.29 is 4.79 Å². The van der Waals surface area contributed by atoms with Gasteiger partial charge < -0.3 is 5.32 Å². The molecule has 0 spiro atoms. The highest BCUT2D eigenvalue weighted by Gasteiger charge is 2.16. The van der Waals surface area contributed by atoms with Gasteiger partial charge in [-0.25, -0.2) is 0 Å². The molecule has 5 nitrogen and oxygen atoms in total. The first-order valence-electron chi connectivity index (χ1n) is 7.44. The van der Waals surface area contributed by atoms with Crippen molar-refractivity contribution in [1.29, 1.82) is 0 Å². The van der Waals surface area contributed by atoms with Crippen LogP contribution < -0.4 is 5.32 Å². The van der Waals surface area contributed by atoms with E-state index in [1.807, 2.05) is 18.2 Å². The minimum Gasteiger partial charge on any atom is -0.320 e. The molecule has 2 N–H and O–H groups in total. The van der Waals surface area contributed by atoms with Gasteiger partial charge in [-0.1, -0.05) is 32.0 Å². The first-order chi connectivity index (χ1) is 10.7. The van der Waals surface area contributed by atoms with Gasteiger partial charge >= 0.3 is 0 Å². The van der Waals surface area contributed by atoms with Crippen molar-refractivity contribution >= 4 is 22.5 Å². The molecule has 1 aromatic carbocycles. The fourth-order valence-electron chi connectivity index (χ4n) is 2.61. The Bertz CT molecular complexity index is 800. The molecule has 5 heteroatoms. The summed E-state index contributed by atoms with van der Waals surface area (Å²) in [6.07, 6.45) is 5.06. The quantitative estimate of drug-likeness (QED) is 0.775. The number of anilines is 1. The van der Waals surface area contributed by atoms with E-state index in [4.69, 9.17) is 0 Å². The molecule has 0 radical (unpaired) electrons. The third-order valence-corrected chi connectivity index (χ3v) is 3.82. The van der Waals surface area contributed by atoms with Crippen molar-refractivity contribution in [2.75, 3.05) is 5.32 Å². The van der Waals surface area contributed by atoms with Crippen LogP contribution in [-0.4, -0.2) is 21.1 Å². The largest absolute Gasteiger partial charge is 0.320 e. The number of nitrogens with zero attached hydrogens (tertiary/aromatic N) is 2. The normalized spacial score (nSPS) is 10.8. The number of amides is 1. The summed E-state index contributed by atoms with van der Waals surface area (Å²) in [7, 11) is 0. The van der Waals surface area contributed by atoms with Crippen LogP contribution in [0.5, 0.6) is 0 Å². The van der Waals surface area contributed by atoms with Gasteiger partial charge in [0.1, 0.15) is 0 Å². The number of hydrogen-bond acceptors (Lipinski definition) is 3. The van der Waals surface area contributed by atoms with Gasteiger partial charge in [0.25, 0.3) is 5.91 Å². The van der Waals surface area contributed by atoms with Crippen LogP contribution in [0.3, 0.4) is 0 Å². The van der Waals surface area contributed by atoms with Crippen LogP contribution in [0.1, 0.15) is 35.5 Å². The molecular weight excluding hydrogens is 276 g/mol. The maximum absolute atomic E-state index is 12.6. The van der Waals surface area contributed by atoms with Gasteiger partial charge in [0, 0.05) is 18.1 Å². The SMILES string of the molecule is CCc1cccc(CC)c1NC(=O)c1n[nH]c2ccncc12. The van der Waals surface area contributed by atoms with Crippen LogP contribution >= 0.6 is 0 Å². The van der Waals surface area contributed by atoms with E-state index in [1.165, 1.54) is 0 Å². The van der Waals surface area contributed by atoms with Crippen LogP contribution in [-0.2, 0) is 12.8 Å². The zero-order valence-electron chi connectivity index (χ0n) is 12.7. The highest BCUT2D eigenvalue weighted by molar-refractivity contribution is 6.11. The second-order valence-corrected chi connectivity index (χ2v) is 5.11. The van der Waals surface area contributed by atoms with E-state index >= 15 is 0 Å². The Morgan fingerprint density at radius 1 is 1.18 bits per heavy atom. The van der Waals surface area contributed by atoms with Crippen molar-refractivity contribution in [2.45, 2.75) is 26.7 Å². The van der Waals surface area contributed by atoms with Gasteiger partial charge in [0.05, 0.1) is 10.9 Å². The molecule has 1 amide bonds. The number of aryl methyl sites for hydroxylation is 2. The molecule has 0 aliphatic rings. The van der Waals surface area contributed by atoms with E-state index in [9.17, 15) is 4.79 Å². The predicted molar refractivity (Wildman–Crippen MR) is 87.0 cm³/mol. The Kier molecular flexibility index (Phi) is 3.87. The molecule has 0 aliphatic heterocycles. The number of rotatable bonds is 4. The Labute approximate surface area is 128 Å². The number of aromatic amines is 1. The molecule has 0 bridgehead atoms. The Balaban J connectivity index is 1.98. The van der Waals surface area contributed by atoms with Crippen LogP contribution in [0.15, 0.2) is 36.7 Å². The number of para-hydroxylation sites is 1. The molecule has 0 saturated heterocycles. The van der Waals surface area contributed by atoms with Crippen molar-refractivity contribution in [3.8, 4) is 0 Å². The number of pyridine rings is 1. The lowest BCUT2D eigenvalue weighted by Gasteiger charge is -2.13. The summed E-state index contributed by atoms with van der Waals surface area (Å²) in [5, 5.41) is 10.7. The molecule has 0 unspecified atom stereocenters. The van der Waals surface area contributed by atoms with Crippen molar-refractivity contribution in [2.24, 2.45) is 0 Å². The maximum atomic E-state index is 12.6. The maximum Gasteiger partial charge on any atom is 0.276 e. The lowest BCUT2D eigenvalue weighted by atomic mass is 10.0. The second-order valence-electron chi connectivity index (χ2n) is 5.11. The van der Waals surface area contributed by atoms with Gasteiger partial charge in [0.2, 0.25) is 0 Å². The Morgan fingerprint density at radius 2 is 1.91 bits per heavy atom. The summed E-state index contributed by atoms with van der Waals surface area (Å²) in [6.45, 7) is 4.16. The molecule has 2 heterocycles. The fourth-order valence-corrected chi connectivity index (χ4v) is 2.61. The molecular formula is C17H18N4O. The number of hydrogen-bond donors (Lipinski definition) is 2. The summed E-state index contributed by atoms with van der Waals surface area (Å²) in [6, 6.07) is 7.91. The number of carbonyl (C=O) groups excluding carboxylic acids is 1.